The Hall–Kier alpha value is -2.76. The molecule has 0 unspecified atom stereocenters. The number of nitrogens with one attached hydrogen (secondary N) is 3. The van der Waals surface area contributed by atoms with E-state index in [9.17, 15) is 24.3 Å². The second-order valence-electron chi connectivity index (χ2n) is 8.73. The highest BCUT2D eigenvalue weighted by Crippen LogP contribution is 2.27. The van der Waals surface area contributed by atoms with Crippen molar-refractivity contribution >= 4 is 42.2 Å². The molecule has 0 spiro atoms. The van der Waals surface area contributed by atoms with Crippen molar-refractivity contribution in [3.8, 4) is 0 Å². The molecule has 1 aliphatic heterocycles. The van der Waals surface area contributed by atoms with Gasteiger partial charge in [0.15, 0.2) is 5.96 Å². The predicted octanol–water partition coefficient (Wildman–Crippen LogP) is 0.158. The van der Waals surface area contributed by atoms with Crippen LogP contribution in [0.25, 0.3) is 0 Å². The maximum absolute atomic E-state index is 13.2. The summed E-state index contributed by atoms with van der Waals surface area (Å²) in [4.78, 5) is 54.4. The van der Waals surface area contributed by atoms with Gasteiger partial charge in [-0.05, 0) is 32.1 Å². The van der Waals surface area contributed by atoms with Crippen LogP contribution in [-0.4, -0.2) is 101 Å². The zero-order valence-electron chi connectivity index (χ0n) is 19.9. The highest BCUT2D eigenvalue weighted by Gasteiger charge is 2.39. The number of carbonyl (C=O) groups excluding carboxylic acids is 3. The zero-order valence-corrected chi connectivity index (χ0v) is 20.7. The molecule has 0 aromatic heterocycles. The molecule has 0 bridgehead atoms. The number of nitrogens with zero attached hydrogens (tertiary/aromatic N) is 3. The van der Waals surface area contributed by atoms with Crippen molar-refractivity contribution in [2.75, 3.05) is 33.2 Å². The zero-order chi connectivity index (χ0) is 24.5. The number of unbranched alkanes of at least 4 members (excludes halogenated alkanes) is 1. The third-order valence-electron chi connectivity index (χ3n) is 6.05. The number of nitrogens with two attached hydrogens (primary N) is 1. The van der Waals surface area contributed by atoms with Crippen molar-refractivity contribution < 1.29 is 24.3 Å². The number of carboxylic acids is 1. The van der Waals surface area contributed by atoms with E-state index in [1.54, 1.807) is 11.9 Å². The molecular formula is C21H38ClN7O5. The maximum Gasteiger partial charge on any atom is 0.323 e. The summed E-state index contributed by atoms with van der Waals surface area (Å²) in [5, 5.41) is 22.1. The lowest BCUT2D eigenvalue weighted by molar-refractivity contribution is -0.146. The van der Waals surface area contributed by atoms with E-state index in [0.29, 0.717) is 32.5 Å². The summed E-state index contributed by atoms with van der Waals surface area (Å²) in [6.45, 7) is 3.02. The lowest BCUT2D eigenvalue weighted by atomic mass is 10.0. The van der Waals surface area contributed by atoms with E-state index >= 15 is 0 Å². The lowest BCUT2D eigenvalue weighted by Crippen LogP contribution is -2.56. The Morgan fingerprint density at radius 1 is 1.21 bits per heavy atom. The first-order valence-electron chi connectivity index (χ1n) is 11.5. The molecule has 6 N–H and O–H groups in total. The molecule has 1 saturated heterocycles. The number of hydrogen-bond acceptors (Lipinski definition) is 5. The van der Waals surface area contributed by atoms with Crippen LogP contribution in [-0.2, 0) is 14.4 Å². The molecule has 0 aromatic carbocycles. The number of likely N-dealkylation sites (N-methyl/N-ethyl adjacent to an activating group) is 1. The van der Waals surface area contributed by atoms with Crippen LogP contribution in [0.3, 0.4) is 0 Å². The van der Waals surface area contributed by atoms with Gasteiger partial charge in [-0.3, -0.25) is 19.8 Å². The SMILES string of the molecule is CCCCNC(=O)N[C@@H](CC(=O)N(C)[C@H]1CCCN(C(=N)N)C1)C(=O)N(CC(=O)O)C1CC1.Cl. The quantitative estimate of drug-likeness (QED) is 0.152. The number of carbonyl (C=O) groups is 4. The first kappa shape index (κ1) is 29.3. The van der Waals surface area contributed by atoms with Gasteiger partial charge >= 0.3 is 12.0 Å². The molecular weight excluding hydrogens is 466 g/mol. The Bertz CT molecular complexity index is 749. The van der Waals surface area contributed by atoms with E-state index in [2.05, 4.69) is 10.6 Å². The van der Waals surface area contributed by atoms with Gasteiger partial charge in [-0.1, -0.05) is 13.3 Å². The van der Waals surface area contributed by atoms with Gasteiger partial charge in [0.1, 0.15) is 12.6 Å². The Balaban J connectivity index is 0.00000578. The van der Waals surface area contributed by atoms with Crippen molar-refractivity contribution in [1.29, 1.82) is 5.41 Å². The highest BCUT2D eigenvalue weighted by molar-refractivity contribution is 5.93. The van der Waals surface area contributed by atoms with Crippen LogP contribution >= 0.6 is 12.4 Å². The Kier molecular flexibility index (Phi) is 11.9. The summed E-state index contributed by atoms with van der Waals surface area (Å²) in [5.74, 6) is -2.10. The predicted molar refractivity (Wildman–Crippen MR) is 129 cm³/mol. The molecule has 194 valence electrons. The van der Waals surface area contributed by atoms with E-state index in [-0.39, 0.29) is 42.8 Å². The number of likely N-dealkylation sites (tertiary alicyclic amines) is 1. The van der Waals surface area contributed by atoms with E-state index < -0.39 is 30.5 Å². The number of aliphatic carboxylic acids is 1. The van der Waals surface area contributed by atoms with Crippen molar-refractivity contribution in [2.45, 2.75) is 70.0 Å². The van der Waals surface area contributed by atoms with Gasteiger partial charge in [0.05, 0.1) is 6.42 Å². The highest BCUT2D eigenvalue weighted by atomic mass is 35.5. The lowest BCUT2D eigenvalue weighted by Gasteiger charge is -2.38. The minimum atomic E-state index is -1.17. The number of piperidine rings is 1. The van der Waals surface area contributed by atoms with E-state index in [4.69, 9.17) is 11.1 Å². The van der Waals surface area contributed by atoms with Crippen molar-refractivity contribution in [3.05, 3.63) is 0 Å². The van der Waals surface area contributed by atoms with Gasteiger partial charge in [0.2, 0.25) is 11.8 Å². The molecule has 12 nitrogen and oxygen atoms in total. The molecule has 1 aliphatic carbocycles. The Morgan fingerprint density at radius 3 is 2.44 bits per heavy atom. The first-order chi connectivity index (χ1) is 15.6. The minimum absolute atomic E-state index is 0. The third-order valence-corrected chi connectivity index (χ3v) is 6.05. The number of hydrogen-bond donors (Lipinski definition) is 5. The van der Waals surface area contributed by atoms with E-state index in [1.165, 1.54) is 9.80 Å². The molecule has 2 fully saturated rings. The van der Waals surface area contributed by atoms with Gasteiger partial charge in [-0.25, -0.2) is 4.79 Å². The summed E-state index contributed by atoms with van der Waals surface area (Å²) in [7, 11) is 1.63. The number of halogens is 1. The van der Waals surface area contributed by atoms with Gasteiger partial charge in [0.25, 0.3) is 0 Å². The summed E-state index contributed by atoms with van der Waals surface area (Å²) >= 11 is 0. The van der Waals surface area contributed by atoms with Crippen LogP contribution in [0.15, 0.2) is 0 Å². The standard InChI is InChI=1S/C21H37N7O5.ClH/c1-3-4-9-24-21(33)25-16(19(32)28(13-18(30)31)14-7-8-14)11-17(29)26(2)15-6-5-10-27(12-15)20(22)23;/h14-16H,3-13H2,1-2H3,(H3,22,23)(H,30,31)(H2,24,25,33);1H/t15-,16-;/m0./s1. The van der Waals surface area contributed by atoms with Crippen LogP contribution in [0.4, 0.5) is 4.79 Å². The van der Waals surface area contributed by atoms with Crippen molar-refractivity contribution in [1.82, 2.24) is 25.3 Å². The van der Waals surface area contributed by atoms with Crippen LogP contribution < -0.4 is 16.4 Å². The second-order valence-corrected chi connectivity index (χ2v) is 8.73. The Labute approximate surface area is 206 Å². The normalized spacial score (nSPS) is 18.2. The summed E-state index contributed by atoms with van der Waals surface area (Å²) in [6.07, 6.45) is 4.29. The summed E-state index contributed by atoms with van der Waals surface area (Å²) in [6, 6.07) is -2.10. The van der Waals surface area contributed by atoms with Crippen LogP contribution in [0.1, 0.15) is 51.9 Å². The van der Waals surface area contributed by atoms with E-state index in [1.807, 2.05) is 6.92 Å². The molecule has 0 radical (unpaired) electrons. The van der Waals surface area contributed by atoms with Crippen molar-refractivity contribution in [3.63, 3.8) is 0 Å². The number of carboxylic acid groups (broad SMARTS) is 1. The molecule has 34 heavy (non-hydrogen) atoms. The van der Waals surface area contributed by atoms with Gasteiger partial charge in [0, 0.05) is 38.8 Å². The fourth-order valence-electron chi connectivity index (χ4n) is 3.92. The summed E-state index contributed by atoms with van der Waals surface area (Å²) < 4.78 is 0. The number of urea groups is 1. The maximum atomic E-state index is 13.2. The molecule has 0 aromatic rings. The molecule has 2 rings (SSSR count). The Morgan fingerprint density at radius 2 is 1.88 bits per heavy atom. The van der Waals surface area contributed by atoms with E-state index in [0.717, 1.165) is 25.7 Å². The first-order valence-corrected chi connectivity index (χ1v) is 11.5. The minimum Gasteiger partial charge on any atom is -0.480 e. The average Bonchev–Trinajstić information content (AvgIpc) is 3.61. The fourth-order valence-corrected chi connectivity index (χ4v) is 3.92. The summed E-state index contributed by atoms with van der Waals surface area (Å²) in [5.41, 5.74) is 5.59. The molecule has 2 atom stereocenters. The van der Waals surface area contributed by atoms with Gasteiger partial charge < -0.3 is 36.2 Å². The monoisotopic (exact) mass is 503 g/mol. The third kappa shape index (κ3) is 8.88. The molecule has 2 aliphatic rings. The van der Waals surface area contributed by atoms with Crippen LogP contribution in [0, 0.1) is 5.41 Å². The van der Waals surface area contributed by atoms with Crippen LogP contribution in [0.2, 0.25) is 0 Å². The van der Waals surface area contributed by atoms with Crippen LogP contribution in [0.5, 0.6) is 0 Å². The van der Waals surface area contributed by atoms with Gasteiger partial charge in [-0.15, -0.1) is 12.4 Å². The fraction of sp³-hybridized carbons (Fsp3) is 0.762. The molecule has 4 amide bonds. The largest absolute Gasteiger partial charge is 0.480 e. The number of rotatable bonds is 11. The topological polar surface area (TPSA) is 172 Å². The molecule has 1 heterocycles. The average molecular weight is 504 g/mol. The molecule has 1 saturated carbocycles. The van der Waals surface area contributed by atoms with Gasteiger partial charge in [-0.2, -0.15) is 0 Å². The smallest absolute Gasteiger partial charge is 0.323 e. The number of amides is 4. The van der Waals surface area contributed by atoms with Crippen molar-refractivity contribution in [2.24, 2.45) is 5.73 Å². The number of guanidine groups is 1. The second kappa shape index (κ2) is 13.8. The molecule has 13 heteroatoms.